The van der Waals surface area contributed by atoms with Crippen LogP contribution in [0.25, 0.3) is 22.2 Å². The second-order valence-electron chi connectivity index (χ2n) is 7.32. The normalized spacial score (nSPS) is 10.7. The maximum absolute atomic E-state index is 12.6. The molecule has 0 bridgehead atoms. The van der Waals surface area contributed by atoms with Crippen LogP contribution in [-0.2, 0) is 25.6 Å². The summed E-state index contributed by atoms with van der Waals surface area (Å²) in [7, 11) is 0. The second kappa shape index (κ2) is 10.7. The highest BCUT2D eigenvalue weighted by Gasteiger charge is 2.23. The van der Waals surface area contributed by atoms with E-state index in [1.807, 2.05) is 30.3 Å². The third-order valence-corrected chi connectivity index (χ3v) is 5.91. The predicted octanol–water partition coefficient (Wildman–Crippen LogP) is 3.48. The molecule has 0 aliphatic heterocycles. The predicted molar refractivity (Wildman–Crippen MR) is 131 cm³/mol. The Kier molecular flexibility index (Phi) is 7.32. The summed E-state index contributed by atoms with van der Waals surface area (Å²) in [5.74, 6) is -1.96. The van der Waals surface area contributed by atoms with Gasteiger partial charge in [0, 0.05) is 10.9 Å². The van der Waals surface area contributed by atoms with Gasteiger partial charge in [-0.15, -0.1) is 11.3 Å². The Bertz CT molecular complexity index is 1440. The van der Waals surface area contributed by atoms with Gasteiger partial charge in [-0.05, 0) is 24.6 Å². The molecule has 1 amide bonds. The summed E-state index contributed by atoms with van der Waals surface area (Å²) in [6.07, 6.45) is 1.13. The molecule has 0 aliphatic carbocycles. The van der Waals surface area contributed by atoms with Crippen LogP contribution in [-0.4, -0.2) is 40.6 Å². The molecule has 0 spiro atoms. The molecule has 4 rings (SSSR count). The third kappa shape index (κ3) is 5.44. The number of fused-ring (bicyclic) bond motifs is 1. The Morgan fingerprint density at radius 3 is 2.54 bits per heavy atom. The maximum atomic E-state index is 12.6. The van der Waals surface area contributed by atoms with Crippen molar-refractivity contribution in [2.75, 3.05) is 18.5 Å². The van der Waals surface area contributed by atoms with Crippen molar-refractivity contribution in [3.8, 4) is 11.1 Å². The van der Waals surface area contributed by atoms with Gasteiger partial charge in [-0.3, -0.25) is 19.0 Å². The lowest BCUT2D eigenvalue weighted by Crippen LogP contribution is -2.28. The van der Waals surface area contributed by atoms with Gasteiger partial charge in [-0.2, -0.15) is 0 Å². The van der Waals surface area contributed by atoms with Crippen molar-refractivity contribution in [3.05, 3.63) is 82.1 Å². The number of para-hydroxylation sites is 2. The van der Waals surface area contributed by atoms with Gasteiger partial charge in [-0.1, -0.05) is 42.5 Å². The molecule has 0 fully saturated rings. The van der Waals surface area contributed by atoms with Crippen LogP contribution in [0.3, 0.4) is 0 Å². The van der Waals surface area contributed by atoms with Gasteiger partial charge in [-0.25, -0.2) is 9.78 Å². The zero-order valence-corrected chi connectivity index (χ0v) is 19.5. The van der Waals surface area contributed by atoms with E-state index in [0.717, 1.165) is 11.8 Å². The number of rotatable bonds is 8. The summed E-state index contributed by atoms with van der Waals surface area (Å²) < 4.78 is 11.5. The van der Waals surface area contributed by atoms with Crippen molar-refractivity contribution in [2.45, 2.75) is 13.5 Å². The fourth-order valence-electron chi connectivity index (χ4n) is 3.45. The molecule has 1 N–H and O–H groups in total. The summed E-state index contributed by atoms with van der Waals surface area (Å²) in [6, 6.07) is 16.1. The molecule has 9 nitrogen and oxygen atoms in total. The Morgan fingerprint density at radius 2 is 1.77 bits per heavy atom. The first-order valence-corrected chi connectivity index (χ1v) is 11.6. The highest BCUT2D eigenvalue weighted by molar-refractivity contribution is 7.15. The van der Waals surface area contributed by atoms with Gasteiger partial charge >= 0.3 is 11.9 Å². The fraction of sp³-hybridized carbons (Fsp3) is 0.160. The topological polar surface area (TPSA) is 117 Å². The molecular weight excluding hydrogens is 470 g/mol. The van der Waals surface area contributed by atoms with E-state index in [1.165, 1.54) is 15.9 Å². The third-order valence-electron chi connectivity index (χ3n) is 5.01. The fourth-order valence-corrected chi connectivity index (χ4v) is 4.42. The molecule has 10 heteroatoms. The average Bonchev–Trinajstić information content (AvgIpc) is 3.28. The zero-order chi connectivity index (χ0) is 24.8. The SMILES string of the molecule is CCOC(=O)c1c(-c2ccccc2)csc1NC(=O)COC(=O)Cn1c(=O)cnc2ccccc21. The summed E-state index contributed by atoms with van der Waals surface area (Å²) in [5, 5.41) is 4.67. The lowest BCUT2D eigenvalue weighted by Gasteiger charge is -2.10. The number of nitrogens with zero attached hydrogens (tertiary/aromatic N) is 2. The highest BCUT2D eigenvalue weighted by atomic mass is 32.1. The van der Waals surface area contributed by atoms with Gasteiger partial charge < -0.3 is 14.8 Å². The van der Waals surface area contributed by atoms with Gasteiger partial charge in [0.1, 0.15) is 17.1 Å². The molecule has 2 aromatic carbocycles. The minimum atomic E-state index is -0.764. The molecule has 4 aromatic rings. The Balaban J connectivity index is 1.45. The minimum Gasteiger partial charge on any atom is -0.462 e. The number of esters is 2. The highest BCUT2D eigenvalue weighted by Crippen LogP contribution is 2.36. The molecule has 0 saturated carbocycles. The van der Waals surface area contributed by atoms with Gasteiger partial charge in [0.15, 0.2) is 6.61 Å². The van der Waals surface area contributed by atoms with Crippen molar-refractivity contribution >= 4 is 45.2 Å². The summed E-state index contributed by atoms with van der Waals surface area (Å²) >= 11 is 1.17. The van der Waals surface area contributed by atoms with Crippen molar-refractivity contribution < 1.29 is 23.9 Å². The standard InChI is InChI=1S/C25H21N3O6S/c1-2-33-25(32)23-17(16-8-4-3-5-9-16)15-35-24(23)27-20(29)14-34-22(31)13-28-19-11-7-6-10-18(19)26-12-21(28)30/h3-12,15H,2,13-14H2,1H3,(H,27,29). The quantitative estimate of drug-likeness (QED) is 0.375. The first-order chi connectivity index (χ1) is 17.0. The van der Waals surface area contributed by atoms with E-state index >= 15 is 0 Å². The van der Waals surface area contributed by atoms with E-state index in [2.05, 4.69) is 10.3 Å². The molecule has 0 radical (unpaired) electrons. The maximum Gasteiger partial charge on any atom is 0.341 e. The number of amides is 1. The molecule has 0 saturated heterocycles. The van der Waals surface area contributed by atoms with Crippen molar-refractivity contribution in [2.24, 2.45) is 0 Å². The number of nitrogens with one attached hydrogen (secondary N) is 1. The number of carbonyl (C=O) groups is 3. The lowest BCUT2D eigenvalue weighted by molar-refractivity contribution is -0.147. The first-order valence-electron chi connectivity index (χ1n) is 10.7. The lowest BCUT2D eigenvalue weighted by atomic mass is 10.0. The van der Waals surface area contributed by atoms with E-state index in [1.54, 1.807) is 36.6 Å². The number of anilines is 1. The van der Waals surface area contributed by atoms with Gasteiger partial charge in [0.25, 0.3) is 11.5 Å². The van der Waals surface area contributed by atoms with Crippen molar-refractivity contribution in [1.82, 2.24) is 9.55 Å². The van der Waals surface area contributed by atoms with Crippen molar-refractivity contribution in [3.63, 3.8) is 0 Å². The van der Waals surface area contributed by atoms with E-state index in [-0.39, 0.29) is 18.7 Å². The Hall–Kier alpha value is -4.31. The Morgan fingerprint density at radius 1 is 1.03 bits per heavy atom. The molecule has 0 unspecified atom stereocenters. The number of aromatic nitrogens is 2. The van der Waals surface area contributed by atoms with E-state index in [4.69, 9.17) is 9.47 Å². The van der Waals surface area contributed by atoms with Crippen LogP contribution in [0.15, 0.2) is 71.0 Å². The number of thiophene rings is 1. The second-order valence-corrected chi connectivity index (χ2v) is 8.20. The minimum absolute atomic E-state index is 0.178. The number of hydrogen-bond donors (Lipinski definition) is 1. The van der Waals surface area contributed by atoms with Crippen LogP contribution in [0, 0.1) is 0 Å². The van der Waals surface area contributed by atoms with Crippen LogP contribution in [0.5, 0.6) is 0 Å². The van der Waals surface area contributed by atoms with Crippen LogP contribution < -0.4 is 10.9 Å². The van der Waals surface area contributed by atoms with E-state index < -0.39 is 30.0 Å². The number of ether oxygens (including phenoxy) is 2. The smallest absolute Gasteiger partial charge is 0.341 e. The zero-order valence-electron chi connectivity index (χ0n) is 18.7. The van der Waals surface area contributed by atoms with E-state index in [0.29, 0.717) is 21.6 Å². The van der Waals surface area contributed by atoms with Crippen molar-refractivity contribution in [1.29, 1.82) is 0 Å². The van der Waals surface area contributed by atoms with Crippen LogP contribution in [0.1, 0.15) is 17.3 Å². The van der Waals surface area contributed by atoms with Gasteiger partial charge in [0.2, 0.25) is 0 Å². The summed E-state index contributed by atoms with van der Waals surface area (Å²) in [6.45, 7) is 0.913. The largest absolute Gasteiger partial charge is 0.462 e. The molecule has 0 aliphatic rings. The number of hydrogen-bond acceptors (Lipinski definition) is 8. The molecule has 0 atom stereocenters. The van der Waals surface area contributed by atoms with Crippen LogP contribution >= 0.6 is 11.3 Å². The molecule has 2 heterocycles. The summed E-state index contributed by atoms with van der Waals surface area (Å²) in [5.41, 5.74) is 2.23. The molecule has 2 aromatic heterocycles. The van der Waals surface area contributed by atoms with Gasteiger partial charge in [0.05, 0.1) is 23.8 Å². The Labute approximate surface area is 203 Å². The average molecular weight is 492 g/mol. The number of carbonyl (C=O) groups excluding carboxylic acids is 3. The van der Waals surface area contributed by atoms with Crippen LogP contribution in [0.4, 0.5) is 5.00 Å². The molecule has 35 heavy (non-hydrogen) atoms. The number of benzene rings is 2. The molecule has 178 valence electrons. The van der Waals surface area contributed by atoms with E-state index in [9.17, 15) is 19.2 Å². The molecular formula is C25H21N3O6S. The summed E-state index contributed by atoms with van der Waals surface area (Å²) in [4.78, 5) is 53.7. The first kappa shape index (κ1) is 23.8. The monoisotopic (exact) mass is 491 g/mol. The van der Waals surface area contributed by atoms with Crippen LogP contribution in [0.2, 0.25) is 0 Å².